The van der Waals surface area contributed by atoms with Crippen molar-refractivity contribution in [3.63, 3.8) is 0 Å². The lowest BCUT2D eigenvalue weighted by Gasteiger charge is -2.19. The SMILES string of the molecule is CCN(Cc1ccc(C(=O)O)cc1)C1CC1.Cl. The van der Waals surface area contributed by atoms with Crippen LogP contribution in [0.5, 0.6) is 0 Å². The minimum atomic E-state index is -0.860. The van der Waals surface area contributed by atoms with Crippen LogP contribution in [0.4, 0.5) is 0 Å². The summed E-state index contributed by atoms with van der Waals surface area (Å²) < 4.78 is 0. The Morgan fingerprint density at radius 3 is 2.35 bits per heavy atom. The van der Waals surface area contributed by atoms with E-state index >= 15 is 0 Å². The second-order valence-electron chi connectivity index (χ2n) is 4.30. The summed E-state index contributed by atoms with van der Waals surface area (Å²) in [6, 6.07) is 7.93. The second kappa shape index (κ2) is 6.03. The number of benzene rings is 1. The Kier molecular flexibility index (Phi) is 4.97. The van der Waals surface area contributed by atoms with E-state index in [1.54, 1.807) is 12.1 Å². The Bertz CT molecular complexity index is 374. The van der Waals surface area contributed by atoms with Gasteiger partial charge in [0.1, 0.15) is 0 Å². The molecule has 3 nitrogen and oxygen atoms in total. The molecule has 0 aliphatic heterocycles. The first-order valence-electron chi connectivity index (χ1n) is 5.77. The topological polar surface area (TPSA) is 40.5 Å². The summed E-state index contributed by atoms with van der Waals surface area (Å²) in [6.07, 6.45) is 2.61. The third-order valence-electron chi connectivity index (χ3n) is 3.06. The molecule has 0 unspecified atom stereocenters. The lowest BCUT2D eigenvalue weighted by atomic mass is 10.1. The molecule has 2 rings (SSSR count). The zero-order chi connectivity index (χ0) is 11.5. The van der Waals surface area contributed by atoms with Gasteiger partial charge >= 0.3 is 5.97 Å². The van der Waals surface area contributed by atoms with Crippen LogP contribution in [0, 0.1) is 0 Å². The first kappa shape index (κ1) is 14.0. The van der Waals surface area contributed by atoms with Gasteiger partial charge in [-0.1, -0.05) is 19.1 Å². The summed E-state index contributed by atoms with van der Waals surface area (Å²) in [5.41, 5.74) is 1.55. The molecule has 0 heterocycles. The van der Waals surface area contributed by atoms with E-state index < -0.39 is 5.97 Å². The molecule has 4 heteroatoms. The first-order valence-corrected chi connectivity index (χ1v) is 5.77. The van der Waals surface area contributed by atoms with Gasteiger partial charge in [0.2, 0.25) is 0 Å². The summed E-state index contributed by atoms with van der Waals surface area (Å²) >= 11 is 0. The van der Waals surface area contributed by atoms with E-state index in [9.17, 15) is 4.79 Å². The quantitative estimate of drug-likeness (QED) is 0.880. The highest BCUT2D eigenvalue weighted by molar-refractivity contribution is 5.87. The number of rotatable bonds is 5. The Hall–Kier alpha value is -1.06. The van der Waals surface area contributed by atoms with Gasteiger partial charge in [-0.3, -0.25) is 4.90 Å². The Balaban J connectivity index is 0.00000144. The Morgan fingerprint density at radius 2 is 1.94 bits per heavy atom. The van der Waals surface area contributed by atoms with Crippen molar-refractivity contribution < 1.29 is 9.90 Å². The number of carbonyl (C=O) groups is 1. The van der Waals surface area contributed by atoms with Gasteiger partial charge in [-0.2, -0.15) is 0 Å². The lowest BCUT2D eigenvalue weighted by molar-refractivity contribution is 0.0697. The normalized spacial score (nSPS) is 14.5. The fraction of sp³-hybridized carbons (Fsp3) is 0.462. The zero-order valence-corrected chi connectivity index (χ0v) is 10.7. The zero-order valence-electron chi connectivity index (χ0n) is 9.93. The van der Waals surface area contributed by atoms with Crippen LogP contribution >= 0.6 is 12.4 Å². The summed E-state index contributed by atoms with van der Waals surface area (Å²) in [4.78, 5) is 13.1. The average Bonchev–Trinajstić information content (AvgIpc) is 3.10. The van der Waals surface area contributed by atoms with Crippen LogP contribution in [-0.4, -0.2) is 28.6 Å². The second-order valence-corrected chi connectivity index (χ2v) is 4.30. The van der Waals surface area contributed by atoms with Gasteiger partial charge in [-0.25, -0.2) is 4.79 Å². The van der Waals surface area contributed by atoms with E-state index in [-0.39, 0.29) is 12.4 Å². The highest BCUT2D eigenvalue weighted by Crippen LogP contribution is 2.27. The number of nitrogens with zero attached hydrogens (tertiary/aromatic N) is 1. The number of carboxylic acid groups (broad SMARTS) is 1. The van der Waals surface area contributed by atoms with Gasteiger partial charge in [0.25, 0.3) is 0 Å². The molecule has 1 saturated carbocycles. The Labute approximate surface area is 108 Å². The van der Waals surface area contributed by atoms with Crippen LogP contribution in [0.2, 0.25) is 0 Å². The Morgan fingerprint density at radius 1 is 1.35 bits per heavy atom. The van der Waals surface area contributed by atoms with Crippen LogP contribution in [0.15, 0.2) is 24.3 Å². The molecule has 94 valence electrons. The molecule has 0 aromatic heterocycles. The van der Waals surface area contributed by atoms with Crippen molar-refractivity contribution in [2.24, 2.45) is 0 Å². The van der Waals surface area contributed by atoms with E-state index in [1.165, 1.54) is 18.4 Å². The van der Waals surface area contributed by atoms with Crippen molar-refractivity contribution in [3.05, 3.63) is 35.4 Å². The maximum Gasteiger partial charge on any atom is 0.335 e. The molecule has 0 bridgehead atoms. The molecular weight excluding hydrogens is 238 g/mol. The molecule has 0 spiro atoms. The predicted octanol–water partition coefficient (Wildman–Crippen LogP) is 2.79. The largest absolute Gasteiger partial charge is 0.478 e. The van der Waals surface area contributed by atoms with Gasteiger partial charge < -0.3 is 5.11 Å². The third-order valence-corrected chi connectivity index (χ3v) is 3.06. The van der Waals surface area contributed by atoms with E-state index in [0.29, 0.717) is 5.56 Å². The summed E-state index contributed by atoms with van der Waals surface area (Å²) in [5, 5.41) is 8.79. The smallest absolute Gasteiger partial charge is 0.335 e. The van der Waals surface area contributed by atoms with Crippen LogP contribution in [0.1, 0.15) is 35.7 Å². The van der Waals surface area contributed by atoms with E-state index in [1.807, 2.05) is 12.1 Å². The molecule has 0 radical (unpaired) electrons. The molecule has 1 aromatic carbocycles. The van der Waals surface area contributed by atoms with Crippen LogP contribution in [-0.2, 0) is 6.54 Å². The third kappa shape index (κ3) is 3.72. The van der Waals surface area contributed by atoms with Crippen LogP contribution in [0.3, 0.4) is 0 Å². The van der Waals surface area contributed by atoms with Crippen molar-refractivity contribution in [2.75, 3.05) is 6.54 Å². The monoisotopic (exact) mass is 255 g/mol. The molecule has 0 saturated heterocycles. The summed E-state index contributed by atoms with van der Waals surface area (Å²) in [6.45, 7) is 4.16. The molecular formula is C13H18ClNO2. The summed E-state index contributed by atoms with van der Waals surface area (Å²) in [5.74, 6) is -0.860. The number of hydrogen-bond acceptors (Lipinski definition) is 2. The van der Waals surface area contributed by atoms with E-state index in [0.717, 1.165) is 19.1 Å². The molecule has 17 heavy (non-hydrogen) atoms. The van der Waals surface area contributed by atoms with E-state index in [2.05, 4.69) is 11.8 Å². The number of carboxylic acids is 1. The van der Waals surface area contributed by atoms with Gasteiger partial charge in [-0.05, 0) is 37.1 Å². The number of halogens is 1. The maximum absolute atomic E-state index is 10.7. The minimum absolute atomic E-state index is 0. The molecule has 0 amide bonds. The molecule has 1 aliphatic carbocycles. The maximum atomic E-state index is 10.7. The predicted molar refractivity (Wildman–Crippen MR) is 69.8 cm³/mol. The molecule has 1 aliphatic rings. The van der Waals surface area contributed by atoms with Crippen LogP contribution in [0.25, 0.3) is 0 Å². The van der Waals surface area contributed by atoms with Crippen molar-refractivity contribution in [2.45, 2.75) is 32.4 Å². The molecule has 1 aromatic rings. The van der Waals surface area contributed by atoms with Gasteiger partial charge in [-0.15, -0.1) is 12.4 Å². The lowest BCUT2D eigenvalue weighted by Crippen LogP contribution is -2.24. The van der Waals surface area contributed by atoms with Crippen molar-refractivity contribution >= 4 is 18.4 Å². The summed E-state index contributed by atoms with van der Waals surface area (Å²) in [7, 11) is 0. The van der Waals surface area contributed by atoms with Crippen molar-refractivity contribution in [3.8, 4) is 0 Å². The van der Waals surface area contributed by atoms with Gasteiger partial charge in [0.05, 0.1) is 5.56 Å². The van der Waals surface area contributed by atoms with E-state index in [4.69, 9.17) is 5.11 Å². The number of hydrogen-bond donors (Lipinski definition) is 1. The fourth-order valence-corrected chi connectivity index (χ4v) is 1.93. The molecule has 0 atom stereocenters. The van der Waals surface area contributed by atoms with Gasteiger partial charge in [0, 0.05) is 12.6 Å². The molecule has 1 fully saturated rings. The fourth-order valence-electron chi connectivity index (χ4n) is 1.93. The van der Waals surface area contributed by atoms with Gasteiger partial charge in [0.15, 0.2) is 0 Å². The highest BCUT2D eigenvalue weighted by Gasteiger charge is 2.27. The first-order chi connectivity index (χ1) is 7.70. The van der Waals surface area contributed by atoms with Crippen molar-refractivity contribution in [1.82, 2.24) is 4.90 Å². The standard InChI is InChI=1S/C13H17NO2.ClH/c1-2-14(12-7-8-12)9-10-3-5-11(6-4-10)13(15)16;/h3-6,12H,2,7-9H2,1H3,(H,15,16);1H. The average molecular weight is 256 g/mol. The van der Waals surface area contributed by atoms with Crippen molar-refractivity contribution in [1.29, 1.82) is 0 Å². The minimum Gasteiger partial charge on any atom is -0.478 e. The van der Waals surface area contributed by atoms with Crippen LogP contribution < -0.4 is 0 Å². The number of aromatic carboxylic acids is 1. The molecule has 1 N–H and O–H groups in total. The highest BCUT2D eigenvalue weighted by atomic mass is 35.5.